The van der Waals surface area contributed by atoms with E-state index in [1.165, 1.54) is 4.90 Å². The predicted octanol–water partition coefficient (Wildman–Crippen LogP) is 0.970. The number of benzene rings is 1. The highest BCUT2D eigenvalue weighted by Gasteiger charge is 2.07. The molecule has 0 spiro atoms. The highest BCUT2D eigenvalue weighted by Crippen LogP contribution is 2.07. The largest absolute Gasteiger partial charge is 0.357 e. The Morgan fingerprint density at radius 1 is 1.12 bits per heavy atom. The van der Waals surface area contributed by atoms with Crippen LogP contribution in [0.3, 0.4) is 0 Å². The third-order valence-electron chi connectivity index (χ3n) is 3.39. The minimum absolute atomic E-state index is 0.0276. The first-order valence-electron chi connectivity index (χ1n) is 8.57. The molecule has 0 aliphatic heterocycles. The van der Waals surface area contributed by atoms with Gasteiger partial charge in [-0.2, -0.15) is 0 Å². The highest BCUT2D eigenvalue weighted by atomic mass is 16.2. The lowest BCUT2D eigenvalue weighted by Gasteiger charge is -2.14. The Morgan fingerprint density at radius 2 is 1.88 bits per heavy atom. The lowest BCUT2D eigenvalue weighted by molar-refractivity contribution is -0.127. The summed E-state index contributed by atoms with van der Waals surface area (Å²) in [5.41, 5.74) is 1.56. The van der Waals surface area contributed by atoms with Gasteiger partial charge in [-0.25, -0.2) is 4.99 Å². The zero-order chi connectivity index (χ0) is 18.7. The van der Waals surface area contributed by atoms with E-state index in [1.54, 1.807) is 20.2 Å². The molecule has 7 heteroatoms. The molecule has 1 aromatic carbocycles. The number of rotatable bonds is 8. The lowest BCUT2D eigenvalue weighted by atomic mass is 10.1. The zero-order valence-electron chi connectivity index (χ0n) is 15.6. The molecule has 7 nitrogen and oxygen atoms in total. The average Bonchev–Trinajstić information content (AvgIpc) is 2.61. The van der Waals surface area contributed by atoms with Gasteiger partial charge in [-0.15, -0.1) is 0 Å². The van der Waals surface area contributed by atoms with Gasteiger partial charge in [0.05, 0.1) is 13.1 Å². The minimum atomic E-state index is -0.0747. The third kappa shape index (κ3) is 7.69. The Morgan fingerprint density at radius 3 is 2.52 bits per heavy atom. The third-order valence-corrected chi connectivity index (χ3v) is 3.39. The maximum atomic E-state index is 12.0. The Hall–Kier alpha value is -2.57. The first-order chi connectivity index (χ1) is 12.0. The van der Waals surface area contributed by atoms with E-state index < -0.39 is 0 Å². The Bertz CT molecular complexity index is 599. The maximum Gasteiger partial charge on any atom is 0.251 e. The summed E-state index contributed by atoms with van der Waals surface area (Å²) in [6, 6.07) is 7.40. The summed E-state index contributed by atoms with van der Waals surface area (Å²) < 4.78 is 0. The second-order valence-corrected chi connectivity index (χ2v) is 5.79. The minimum Gasteiger partial charge on any atom is -0.357 e. The van der Waals surface area contributed by atoms with Crippen LogP contribution in [-0.4, -0.2) is 56.4 Å². The molecule has 25 heavy (non-hydrogen) atoms. The number of aliphatic imine (C=N–C) groups is 1. The topological polar surface area (TPSA) is 85.8 Å². The number of carbonyl (C=O) groups excluding carboxylic acids is 2. The standard InChI is InChI=1S/C18H29N5O2/c1-5-10-20-17(25)15-9-7-8-14(11-15)12-21-18(19-6-2)22-13-16(24)23(3)4/h7-9,11H,5-6,10,12-13H2,1-4H3,(H,20,25)(H2,19,21,22). The van der Waals surface area contributed by atoms with E-state index in [2.05, 4.69) is 20.9 Å². The molecular formula is C18H29N5O2. The molecule has 3 N–H and O–H groups in total. The number of hydrogen-bond donors (Lipinski definition) is 3. The maximum absolute atomic E-state index is 12.0. The van der Waals surface area contributed by atoms with Gasteiger partial charge in [0, 0.05) is 32.7 Å². The molecule has 2 amide bonds. The average molecular weight is 347 g/mol. The number of carbonyl (C=O) groups is 2. The summed E-state index contributed by atoms with van der Waals surface area (Å²) in [5, 5.41) is 8.97. The van der Waals surface area contributed by atoms with E-state index in [4.69, 9.17) is 0 Å². The molecule has 0 bridgehead atoms. The molecule has 0 atom stereocenters. The predicted molar refractivity (Wildman–Crippen MR) is 101 cm³/mol. The van der Waals surface area contributed by atoms with Crippen molar-refractivity contribution in [1.82, 2.24) is 20.9 Å². The van der Waals surface area contributed by atoms with Crippen LogP contribution in [0.2, 0.25) is 0 Å². The first kappa shape index (κ1) is 20.5. The molecule has 0 fully saturated rings. The van der Waals surface area contributed by atoms with Crippen LogP contribution in [0.5, 0.6) is 0 Å². The van der Waals surface area contributed by atoms with E-state index in [9.17, 15) is 9.59 Å². The van der Waals surface area contributed by atoms with Gasteiger partial charge in [-0.05, 0) is 31.0 Å². The molecule has 1 aromatic rings. The molecule has 138 valence electrons. The van der Waals surface area contributed by atoms with Crippen LogP contribution < -0.4 is 16.0 Å². The van der Waals surface area contributed by atoms with Gasteiger partial charge >= 0.3 is 0 Å². The van der Waals surface area contributed by atoms with Gasteiger partial charge in [-0.1, -0.05) is 19.1 Å². The number of likely N-dealkylation sites (N-methyl/N-ethyl adjacent to an activating group) is 1. The summed E-state index contributed by atoms with van der Waals surface area (Å²) in [5.74, 6) is 0.466. The van der Waals surface area contributed by atoms with Crippen molar-refractivity contribution >= 4 is 17.8 Å². The smallest absolute Gasteiger partial charge is 0.251 e. The summed E-state index contributed by atoms with van der Waals surface area (Å²) in [6.07, 6.45) is 0.902. The molecule has 0 aliphatic rings. The van der Waals surface area contributed by atoms with Crippen LogP contribution in [-0.2, 0) is 11.3 Å². The van der Waals surface area contributed by atoms with Crippen LogP contribution in [0.15, 0.2) is 29.3 Å². The van der Waals surface area contributed by atoms with Crippen LogP contribution >= 0.6 is 0 Å². The van der Waals surface area contributed by atoms with Gasteiger partial charge in [0.2, 0.25) is 5.91 Å². The van der Waals surface area contributed by atoms with E-state index in [0.717, 1.165) is 12.0 Å². The number of nitrogens with one attached hydrogen (secondary N) is 3. The van der Waals surface area contributed by atoms with Gasteiger partial charge in [0.25, 0.3) is 5.91 Å². The fraction of sp³-hybridized carbons (Fsp3) is 0.500. The second kappa shape index (κ2) is 11.1. The zero-order valence-corrected chi connectivity index (χ0v) is 15.6. The highest BCUT2D eigenvalue weighted by molar-refractivity contribution is 5.94. The van der Waals surface area contributed by atoms with Crippen LogP contribution in [0.4, 0.5) is 0 Å². The van der Waals surface area contributed by atoms with Gasteiger partial charge in [-0.3, -0.25) is 9.59 Å². The van der Waals surface area contributed by atoms with E-state index in [1.807, 2.05) is 32.0 Å². The van der Waals surface area contributed by atoms with E-state index in [0.29, 0.717) is 31.2 Å². The number of hydrogen-bond acceptors (Lipinski definition) is 3. The molecule has 0 aliphatic carbocycles. The number of nitrogens with zero attached hydrogens (tertiary/aromatic N) is 2. The molecule has 0 heterocycles. The lowest BCUT2D eigenvalue weighted by Crippen LogP contribution is -2.42. The molecule has 0 radical (unpaired) electrons. The monoisotopic (exact) mass is 347 g/mol. The summed E-state index contributed by atoms with van der Waals surface area (Å²) in [6.45, 7) is 5.93. The van der Waals surface area contributed by atoms with Crippen molar-refractivity contribution in [3.63, 3.8) is 0 Å². The van der Waals surface area contributed by atoms with Crippen LogP contribution in [0.1, 0.15) is 36.2 Å². The van der Waals surface area contributed by atoms with Crippen molar-refractivity contribution in [3.8, 4) is 0 Å². The second-order valence-electron chi connectivity index (χ2n) is 5.79. The van der Waals surface area contributed by atoms with Crippen molar-refractivity contribution in [1.29, 1.82) is 0 Å². The Labute approximate surface area is 149 Å². The van der Waals surface area contributed by atoms with Crippen LogP contribution in [0.25, 0.3) is 0 Å². The molecular weight excluding hydrogens is 318 g/mol. The fourth-order valence-corrected chi connectivity index (χ4v) is 1.98. The van der Waals surface area contributed by atoms with Crippen molar-refractivity contribution in [3.05, 3.63) is 35.4 Å². The van der Waals surface area contributed by atoms with Crippen molar-refractivity contribution < 1.29 is 9.59 Å². The van der Waals surface area contributed by atoms with Gasteiger partial charge in [0.1, 0.15) is 0 Å². The molecule has 1 rings (SSSR count). The Kier molecular flexibility index (Phi) is 9.06. The summed E-state index contributed by atoms with van der Waals surface area (Å²) >= 11 is 0. The first-order valence-corrected chi connectivity index (χ1v) is 8.57. The van der Waals surface area contributed by atoms with Crippen LogP contribution in [0, 0.1) is 0 Å². The molecule has 0 saturated carbocycles. The fourth-order valence-electron chi connectivity index (χ4n) is 1.98. The molecule has 0 aromatic heterocycles. The quantitative estimate of drug-likeness (QED) is 0.483. The molecule has 0 unspecified atom stereocenters. The Balaban J connectivity index is 2.72. The van der Waals surface area contributed by atoms with Crippen molar-refractivity contribution in [2.24, 2.45) is 4.99 Å². The number of amides is 2. The van der Waals surface area contributed by atoms with Gasteiger partial charge in [0.15, 0.2) is 5.96 Å². The molecule has 0 saturated heterocycles. The van der Waals surface area contributed by atoms with E-state index in [-0.39, 0.29) is 18.4 Å². The van der Waals surface area contributed by atoms with Gasteiger partial charge < -0.3 is 20.9 Å². The van der Waals surface area contributed by atoms with Crippen molar-refractivity contribution in [2.45, 2.75) is 26.8 Å². The summed E-state index contributed by atoms with van der Waals surface area (Å²) in [7, 11) is 3.42. The normalized spacial score (nSPS) is 11.0. The number of guanidine groups is 1. The SMILES string of the molecule is CCCNC(=O)c1cccc(CN=C(NCC)NCC(=O)N(C)C)c1. The van der Waals surface area contributed by atoms with Crippen molar-refractivity contribution in [2.75, 3.05) is 33.7 Å². The van der Waals surface area contributed by atoms with E-state index >= 15 is 0 Å². The summed E-state index contributed by atoms with van der Waals surface area (Å²) in [4.78, 5) is 29.7.